The third-order valence-corrected chi connectivity index (χ3v) is 6.91. The van der Waals surface area contributed by atoms with Crippen molar-refractivity contribution in [2.24, 2.45) is 5.41 Å². The first-order valence-electron chi connectivity index (χ1n) is 9.62. The number of carbonyl (C=O) groups is 1. The maximum Gasteiger partial charge on any atom is 0.226 e. The van der Waals surface area contributed by atoms with Crippen LogP contribution in [0.4, 0.5) is 5.95 Å². The number of aryl methyl sites for hydroxylation is 1. The Kier molecular flexibility index (Phi) is 4.19. The number of nitrogens with one attached hydrogen (secondary N) is 1. The second-order valence-corrected chi connectivity index (χ2v) is 9.92. The van der Waals surface area contributed by atoms with Gasteiger partial charge in [0, 0.05) is 33.2 Å². The van der Waals surface area contributed by atoms with Gasteiger partial charge in [0.15, 0.2) is 11.6 Å². The highest BCUT2D eigenvalue weighted by molar-refractivity contribution is 7.10. The van der Waals surface area contributed by atoms with E-state index in [9.17, 15) is 4.79 Å². The highest BCUT2D eigenvalue weighted by atomic mass is 35.5. The number of benzene rings is 1. The Morgan fingerprint density at radius 1 is 1.21 bits per heavy atom. The summed E-state index contributed by atoms with van der Waals surface area (Å²) in [5.74, 6) is 1.49. The zero-order valence-corrected chi connectivity index (χ0v) is 18.1. The summed E-state index contributed by atoms with van der Waals surface area (Å²) in [6.07, 6.45) is 1.36. The molecule has 0 saturated heterocycles. The highest BCUT2D eigenvalue weighted by Gasteiger charge is 2.42. The predicted molar refractivity (Wildman–Crippen MR) is 116 cm³/mol. The minimum absolute atomic E-state index is 0.0703. The minimum Gasteiger partial charge on any atom is -0.328 e. The summed E-state index contributed by atoms with van der Waals surface area (Å²) in [4.78, 5) is 19.1. The van der Waals surface area contributed by atoms with Crippen LogP contribution in [-0.4, -0.2) is 20.5 Å². The highest BCUT2D eigenvalue weighted by Crippen LogP contribution is 2.47. The Balaban J connectivity index is 1.68. The lowest BCUT2D eigenvalue weighted by Gasteiger charge is -2.38. The summed E-state index contributed by atoms with van der Waals surface area (Å²) in [5, 5.41) is 11.0. The number of carbonyl (C=O) groups excluding carboxylic acids is 1. The fraction of sp³-hybridized carbons (Fsp3) is 0.318. The monoisotopic (exact) mass is 424 g/mol. The first-order valence-corrected chi connectivity index (χ1v) is 10.9. The molecule has 0 amide bonds. The number of ketones is 1. The summed E-state index contributed by atoms with van der Waals surface area (Å²) in [6, 6.07) is 9.35. The topological polar surface area (TPSA) is 59.8 Å². The van der Waals surface area contributed by atoms with Gasteiger partial charge in [0.05, 0.1) is 0 Å². The van der Waals surface area contributed by atoms with E-state index in [-0.39, 0.29) is 17.2 Å². The second-order valence-electron chi connectivity index (χ2n) is 8.54. The fourth-order valence-corrected chi connectivity index (χ4v) is 5.38. The summed E-state index contributed by atoms with van der Waals surface area (Å²) in [6.45, 7) is 6.36. The van der Waals surface area contributed by atoms with Gasteiger partial charge in [0.1, 0.15) is 6.04 Å². The van der Waals surface area contributed by atoms with Crippen LogP contribution in [0.25, 0.3) is 11.4 Å². The second kappa shape index (κ2) is 6.54. The molecule has 0 bridgehead atoms. The maximum atomic E-state index is 13.2. The van der Waals surface area contributed by atoms with E-state index in [1.165, 1.54) is 5.56 Å². The van der Waals surface area contributed by atoms with Gasteiger partial charge in [-0.15, -0.1) is 16.4 Å². The van der Waals surface area contributed by atoms with Crippen LogP contribution in [0.5, 0.6) is 0 Å². The van der Waals surface area contributed by atoms with E-state index in [1.807, 2.05) is 28.9 Å². The lowest BCUT2D eigenvalue weighted by Crippen LogP contribution is -2.36. The molecule has 29 heavy (non-hydrogen) atoms. The molecule has 0 fully saturated rings. The Morgan fingerprint density at radius 3 is 2.66 bits per heavy atom. The molecule has 5 rings (SSSR count). The van der Waals surface area contributed by atoms with Crippen LogP contribution in [-0.2, 0) is 4.79 Å². The summed E-state index contributed by atoms with van der Waals surface area (Å²) >= 11 is 7.70. The van der Waals surface area contributed by atoms with Crippen molar-refractivity contribution in [1.29, 1.82) is 0 Å². The molecule has 3 aromatic rings. The van der Waals surface area contributed by atoms with Crippen molar-refractivity contribution in [3.8, 4) is 11.4 Å². The molecule has 1 atom stereocenters. The molecule has 1 N–H and O–H groups in total. The van der Waals surface area contributed by atoms with Gasteiger partial charge in [-0.1, -0.05) is 25.4 Å². The number of hydrogen-bond donors (Lipinski definition) is 1. The van der Waals surface area contributed by atoms with Crippen LogP contribution in [0.3, 0.4) is 0 Å². The quantitative estimate of drug-likeness (QED) is 0.579. The van der Waals surface area contributed by atoms with Crippen molar-refractivity contribution in [3.63, 3.8) is 0 Å². The van der Waals surface area contributed by atoms with Gasteiger partial charge in [-0.3, -0.25) is 4.79 Å². The first-order chi connectivity index (χ1) is 13.8. The molecular weight excluding hydrogens is 404 g/mol. The van der Waals surface area contributed by atoms with E-state index in [0.29, 0.717) is 23.2 Å². The van der Waals surface area contributed by atoms with E-state index >= 15 is 0 Å². The molecule has 1 aromatic carbocycles. The lowest BCUT2D eigenvalue weighted by atomic mass is 9.73. The van der Waals surface area contributed by atoms with Crippen molar-refractivity contribution in [1.82, 2.24) is 14.8 Å². The van der Waals surface area contributed by atoms with E-state index < -0.39 is 0 Å². The van der Waals surface area contributed by atoms with Crippen LogP contribution in [0.2, 0.25) is 5.02 Å². The average Bonchev–Trinajstić information content (AvgIpc) is 3.25. The molecule has 148 valence electrons. The number of nitrogens with zero attached hydrogens (tertiary/aromatic N) is 3. The van der Waals surface area contributed by atoms with E-state index in [0.717, 1.165) is 28.1 Å². The van der Waals surface area contributed by atoms with Gasteiger partial charge in [0.2, 0.25) is 5.95 Å². The van der Waals surface area contributed by atoms with Crippen LogP contribution in [0.1, 0.15) is 43.2 Å². The predicted octanol–water partition coefficient (Wildman–Crippen LogP) is 5.63. The van der Waals surface area contributed by atoms with E-state index in [4.69, 9.17) is 21.7 Å². The molecule has 2 aromatic heterocycles. The largest absolute Gasteiger partial charge is 0.328 e. The summed E-state index contributed by atoms with van der Waals surface area (Å²) in [7, 11) is 0. The normalized spacial score (nSPS) is 20.3. The molecule has 0 radical (unpaired) electrons. The molecular formula is C22H21ClN4OS. The minimum atomic E-state index is -0.238. The van der Waals surface area contributed by atoms with Crippen molar-refractivity contribution in [2.45, 2.75) is 39.7 Å². The Bertz CT molecular complexity index is 1160. The molecule has 0 spiro atoms. The van der Waals surface area contributed by atoms with Gasteiger partial charge >= 0.3 is 0 Å². The number of Topliss-reactive ketones (excluding diaryl/α,β-unsaturated/α-hetero) is 1. The SMILES string of the molecule is Cc1ccsc1C1C2=C(CC(C)(C)CC2=O)Nc2nc(-c3ccc(Cl)cc3)nn21. The number of anilines is 1. The Labute approximate surface area is 178 Å². The average molecular weight is 425 g/mol. The standard InChI is InChI=1S/C22H21ClN4OS/c1-12-8-9-29-19(12)18-17-15(10-22(2,3)11-16(17)28)24-21-25-20(26-27(18)21)13-4-6-14(23)7-5-13/h4-9,18H,10-11H2,1-3H3,(H,24,25,26). The molecule has 1 unspecified atom stereocenters. The lowest BCUT2D eigenvalue weighted by molar-refractivity contribution is -0.118. The first kappa shape index (κ1) is 18.6. The molecule has 2 aliphatic rings. The molecule has 1 aliphatic carbocycles. The summed E-state index contributed by atoms with van der Waals surface area (Å²) in [5.41, 5.74) is 3.80. The third kappa shape index (κ3) is 3.11. The number of halogens is 1. The number of allylic oxidation sites excluding steroid dienone is 2. The summed E-state index contributed by atoms with van der Waals surface area (Å²) < 4.78 is 1.87. The Morgan fingerprint density at radius 2 is 1.97 bits per heavy atom. The van der Waals surface area contributed by atoms with Gasteiger partial charge in [-0.2, -0.15) is 4.98 Å². The maximum absolute atomic E-state index is 13.2. The molecule has 3 heterocycles. The van der Waals surface area contributed by atoms with Crippen LogP contribution in [0, 0.1) is 12.3 Å². The number of hydrogen-bond acceptors (Lipinski definition) is 5. The smallest absolute Gasteiger partial charge is 0.226 e. The molecule has 1 aliphatic heterocycles. The third-order valence-electron chi connectivity index (χ3n) is 5.58. The van der Waals surface area contributed by atoms with Crippen molar-refractivity contribution >= 4 is 34.7 Å². The number of aromatic nitrogens is 3. The number of rotatable bonds is 2. The number of thiophene rings is 1. The van der Waals surface area contributed by atoms with E-state index in [1.54, 1.807) is 11.3 Å². The van der Waals surface area contributed by atoms with Crippen LogP contribution in [0.15, 0.2) is 47.0 Å². The van der Waals surface area contributed by atoms with Gasteiger partial charge in [-0.25, -0.2) is 4.68 Å². The van der Waals surface area contributed by atoms with Gasteiger partial charge in [-0.05, 0) is 60.0 Å². The van der Waals surface area contributed by atoms with Gasteiger partial charge in [0.25, 0.3) is 0 Å². The number of fused-ring (bicyclic) bond motifs is 1. The van der Waals surface area contributed by atoms with Gasteiger partial charge < -0.3 is 5.32 Å². The Hall–Kier alpha value is -2.44. The molecule has 0 saturated carbocycles. The molecule has 7 heteroatoms. The fourth-order valence-electron chi connectivity index (χ4n) is 4.24. The van der Waals surface area contributed by atoms with Crippen LogP contribution >= 0.6 is 22.9 Å². The van der Waals surface area contributed by atoms with Crippen molar-refractivity contribution in [2.75, 3.05) is 5.32 Å². The van der Waals surface area contributed by atoms with Crippen molar-refractivity contribution in [3.05, 3.63) is 62.4 Å². The molecule has 5 nitrogen and oxygen atoms in total. The zero-order valence-electron chi connectivity index (χ0n) is 16.5. The van der Waals surface area contributed by atoms with E-state index in [2.05, 4.69) is 37.5 Å². The van der Waals surface area contributed by atoms with Crippen molar-refractivity contribution < 1.29 is 4.79 Å². The van der Waals surface area contributed by atoms with Crippen LogP contribution < -0.4 is 5.32 Å². The zero-order chi connectivity index (χ0) is 20.3.